The standard InChI is InChI=1S/C23H19FN4O3S/c1-13-19(15-6-8-16(24)9-7-15)26-21(32-13)25-18(29)12-28-20(30)23(27-22(28)31)11-10-14-4-2-3-5-17(14)23/h2-9H,10-12H2,1H3,(H,27,31)(H,25,26,29)/t23-/m1/s1. The molecule has 1 spiro atoms. The molecule has 1 aliphatic heterocycles. The first-order chi connectivity index (χ1) is 15.4. The fourth-order valence-electron chi connectivity index (χ4n) is 4.36. The van der Waals surface area contributed by atoms with Crippen molar-refractivity contribution in [3.8, 4) is 11.3 Å². The van der Waals surface area contributed by atoms with Crippen LogP contribution in [-0.4, -0.2) is 34.3 Å². The number of aryl methyl sites for hydroxylation is 2. The minimum atomic E-state index is -1.10. The van der Waals surface area contributed by atoms with Crippen LogP contribution in [-0.2, 0) is 21.5 Å². The summed E-state index contributed by atoms with van der Waals surface area (Å²) in [5.74, 6) is -1.27. The Balaban J connectivity index is 1.31. The van der Waals surface area contributed by atoms with Crippen LogP contribution in [0.25, 0.3) is 11.3 Å². The zero-order chi connectivity index (χ0) is 22.5. The van der Waals surface area contributed by atoms with E-state index in [2.05, 4.69) is 15.6 Å². The van der Waals surface area contributed by atoms with Crippen molar-refractivity contribution < 1.29 is 18.8 Å². The molecule has 2 N–H and O–H groups in total. The van der Waals surface area contributed by atoms with E-state index in [4.69, 9.17) is 0 Å². The van der Waals surface area contributed by atoms with Gasteiger partial charge < -0.3 is 10.6 Å². The highest BCUT2D eigenvalue weighted by molar-refractivity contribution is 7.16. The molecular weight excluding hydrogens is 431 g/mol. The van der Waals surface area contributed by atoms with Crippen LogP contribution in [0.1, 0.15) is 22.4 Å². The normalized spacial score (nSPS) is 19.4. The van der Waals surface area contributed by atoms with Crippen LogP contribution in [0, 0.1) is 12.7 Å². The van der Waals surface area contributed by atoms with Gasteiger partial charge in [0.25, 0.3) is 5.91 Å². The molecule has 0 radical (unpaired) electrons. The average molecular weight is 450 g/mol. The summed E-state index contributed by atoms with van der Waals surface area (Å²) in [6, 6.07) is 12.9. The molecule has 162 valence electrons. The predicted octanol–water partition coefficient (Wildman–Crippen LogP) is 3.59. The van der Waals surface area contributed by atoms with Crippen LogP contribution in [0.5, 0.6) is 0 Å². The van der Waals surface area contributed by atoms with Crippen molar-refractivity contribution in [2.24, 2.45) is 0 Å². The van der Waals surface area contributed by atoms with Gasteiger partial charge in [0.1, 0.15) is 17.9 Å². The van der Waals surface area contributed by atoms with E-state index < -0.39 is 29.9 Å². The highest BCUT2D eigenvalue weighted by atomic mass is 32.1. The molecule has 1 saturated heterocycles. The number of thiazole rings is 1. The fraction of sp³-hybridized carbons (Fsp3) is 0.217. The quantitative estimate of drug-likeness (QED) is 0.595. The molecule has 0 bridgehead atoms. The second-order valence-corrected chi connectivity index (χ2v) is 9.07. The summed E-state index contributed by atoms with van der Waals surface area (Å²) in [7, 11) is 0. The Morgan fingerprint density at radius 3 is 2.75 bits per heavy atom. The lowest BCUT2D eigenvalue weighted by atomic mass is 9.92. The van der Waals surface area contributed by atoms with E-state index in [-0.39, 0.29) is 5.82 Å². The van der Waals surface area contributed by atoms with Gasteiger partial charge in [-0.2, -0.15) is 0 Å². The summed E-state index contributed by atoms with van der Waals surface area (Å²) in [6.45, 7) is 1.45. The minimum absolute atomic E-state index is 0.341. The number of amides is 4. The average Bonchev–Trinajstić information content (AvgIpc) is 3.40. The third-order valence-corrected chi connectivity index (χ3v) is 6.77. The number of rotatable bonds is 4. The van der Waals surface area contributed by atoms with Crippen LogP contribution in [0.4, 0.5) is 14.3 Å². The second kappa shape index (κ2) is 7.52. The summed E-state index contributed by atoms with van der Waals surface area (Å²) < 4.78 is 13.2. The summed E-state index contributed by atoms with van der Waals surface area (Å²) in [6.07, 6.45) is 1.16. The van der Waals surface area contributed by atoms with Crippen molar-refractivity contribution in [2.75, 3.05) is 11.9 Å². The first kappa shape index (κ1) is 20.3. The molecule has 1 aliphatic carbocycles. The predicted molar refractivity (Wildman–Crippen MR) is 118 cm³/mol. The molecule has 1 atom stereocenters. The first-order valence-corrected chi connectivity index (χ1v) is 10.9. The third kappa shape index (κ3) is 3.25. The molecule has 4 amide bonds. The minimum Gasteiger partial charge on any atom is -0.319 e. The number of aromatic nitrogens is 1. The molecule has 9 heteroatoms. The topological polar surface area (TPSA) is 91.4 Å². The molecule has 2 aromatic carbocycles. The number of benzene rings is 2. The Labute approximate surface area is 187 Å². The van der Waals surface area contributed by atoms with Gasteiger partial charge in [-0.15, -0.1) is 11.3 Å². The lowest BCUT2D eigenvalue weighted by Gasteiger charge is -2.22. The Bertz CT molecular complexity index is 1260. The summed E-state index contributed by atoms with van der Waals surface area (Å²) >= 11 is 1.27. The Hall–Kier alpha value is -3.59. The zero-order valence-electron chi connectivity index (χ0n) is 17.1. The molecule has 0 unspecified atom stereocenters. The Morgan fingerprint density at radius 2 is 1.97 bits per heavy atom. The molecule has 5 rings (SSSR count). The van der Waals surface area contributed by atoms with Gasteiger partial charge >= 0.3 is 6.03 Å². The van der Waals surface area contributed by atoms with Crippen molar-refractivity contribution in [1.29, 1.82) is 0 Å². The summed E-state index contributed by atoms with van der Waals surface area (Å²) in [4.78, 5) is 44.6. The van der Waals surface area contributed by atoms with E-state index in [1.54, 1.807) is 12.1 Å². The van der Waals surface area contributed by atoms with Crippen molar-refractivity contribution >= 4 is 34.3 Å². The van der Waals surface area contributed by atoms with Crippen LogP contribution >= 0.6 is 11.3 Å². The number of carbonyl (C=O) groups is 3. The molecular formula is C23H19FN4O3S. The van der Waals surface area contributed by atoms with Gasteiger partial charge in [0.05, 0.1) is 5.69 Å². The molecule has 32 heavy (non-hydrogen) atoms. The van der Waals surface area contributed by atoms with Crippen LogP contribution < -0.4 is 10.6 Å². The second-order valence-electron chi connectivity index (χ2n) is 7.86. The fourth-order valence-corrected chi connectivity index (χ4v) is 5.21. The van der Waals surface area contributed by atoms with Gasteiger partial charge in [0, 0.05) is 10.4 Å². The van der Waals surface area contributed by atoms with Crippen molar-refractivity contribution in [3.05, 3.63) is 70.4 Å². The molecule has 3 aromatic rings. The number of imide groups is 1. The van der Waals surface area contributed by atoms with E-state index in [0.717, 1.165) is 26.5 Å². The number of halogens is 1. The molecule has 1 aromatic heterocycles. The van der Waals surface area contributed by atoms with Crippen LogP contribution in [0.2, 0.25) is 0 Å². The highest BCUT2D eigenvalue weighted by Gasteiger charge is 2.55. The number of fused-ring (bicyclic) bond motifs is 2. The maximum atomic E-state index is 13.2. The van der Waals surface area contributed by atoms with Crippen molar-refractivity contribution in [3.63, 3.8) is 0 Å². The van der Waals surface area contributed by atoms with Gasteiger partial charge in [0.15, 0.2) is 5.13 Å². The Kier molecular flexibility index (Phi) is 4.78. The number of anilines is 1. The first-order valence-electron chi connectivity index (χ1n) is 10.1. The van der Waals surface area contributed by atoms with Crippen LogP contribution in [0.15, 0.2) is 48.5 Å². The SMILES string of the molecule is Cc1sc(NC(=O)CN2C(=O)N[C@@]3(CCc4ccccc43)C2=O)nc1-c1ccc(F)cc1. The number of nitrogens with one attached hydrogen (secondary N) is 2. The molecule has 2 heterocycles. The monoisotopic (exact) mass is 450 g/mol. The zero-order valence-corrected chi connectivity index (χ0v) is 18.0. The number of hydrogen-bond donors (Lipinski definition) is 2. The van der Waals surface area contributed by atoms with E-state index >= 15 is 0 Å². The molecule has 0 saturated carbocycles. The van der Waals surface area contributed by atoms with Gasteiger partial charge in [-0.3, -0.25) is 14.5 Å². The van der Waals surface area contributed by atoms with Gasteiger partial charge in [-0.25, -0.2) is 14.2 Å². The molecule has 1 fully saturated rings. The number of urea groups is 1. The molecule has 2 aliphatic rings. The number of hydrogen-bond acceptors (Lipinski definition) is 5. The lowest BCUT2D eigenvalue weighted by molar-refractivity contribution is -0.134. The molecule has 7 nitrogen and oxygen atoms in total. The summed E-state index contributed by atoms with van der Waals surface area (Å²) in [5.41, 5.74) is 2.10. The lowest BCUT2D eigenvalue weighted by Crippen LogP contribution is -2.42. The van der Waals surface area contributed by atoms with Crippen molar-refractivity contribution in [1.82, 2.24) is 15.2 Å². The number of carbonyl (C=O) groups excluding carboxylic acids is 3. The highest BCUT2D eigenvalue weighted by Crippen LogP contribution is 2.41. The van der Waals surface area contributed by atoms with E-state index in [1.807, 2.05) is 31.2 Å². The van der Waals surface area contributed by atoms with E-state index in [9.17, 15) is 18.8 Å². The van der Waals surface area contributed by atoms with Gasteiger partial charge in [-0.05, 0) is 55.2 Å². The largest absolute Gasteiger partial charge is 0.325 e. The van der Waals surface area contributed by atoms with E-state index in [1.165, 1.54) is 23.5 Å². The smallest absolute Gasteiger partial charge is 0.319 e. The van der Waals surface area contributed by atoms with Crippen molar-refractivity contribution in [2.45, 2.75) is 25.3 Å². The number of nitrogens with zero attached hydrogens (tertiary/aromatic N) is 2. The maximum Gasteiger partial charge on any atom is 0.325 e. The maximum absolute atomic E-state index is 13.2. The summed E-state index contributed by atoms with van der Waals surface area (Å²) in [5, 5.41) is 5.83. The Morgan fingerprint density at radius 1 is 1.22 bits per heavy atom. The van der Waals surface area contributed by atoms with Crippen LogP contribution in [0.3, 0.4) is 0 Å². The van der Waals surface area contributed by atoms with Gasteiger partial charge in [0.2, 0.25) is 5.91 Å². The van der Waals surface area contributed by atoms with Gasteiger partial charge in [-0.1, -0.05) is 24.3 Å². The van der Waals surface area contributed by atoms with E-state index in [0.29, 0.717) is 23.7 Å². The third-order valence-electron chi connectivity index (χ3n) is 5.88.